The third kappa shape index (κ3) is 8.49. The van der Waals surface area contributed by atoms with Crippen LogP contribution in [0.15, 0.2) is 127 Å². The van der Waals surface area contributed by atoms with Crippen molar-refractivity contribution in [1.29, 1.82) is 5.26 Å². The number of benzene rings is 6. The minimum atomic E-state index is -4.86. The Labute approximate surface area is 323 Å². The van der Waals surface area contributed by atoms with Crippen molar-refractivity contribution in [2.45, 2.75) is 30.1 Å². The second kappa shape index (κ2) is 15.8. The molecule has 0 saturated carbocycles. The van der Waals surface area contributed by atoms with Gasteiger partial charge in [0.1, 0.15) is 22.0 Å². The van der Waals surface area contributed by atoms with Gasteiger partial charge in [0, 0.05) is 11.9 Å². The largest absolute Gasteiger partial charge is 0.505 e. The molecule has 286 valence electrons. The summed E-state index contributed by atoms with van der Waals surface area (Å²) in [6.07, 6.45) is -0.0432. The Morgan fingerprint density at radius 2 is 1.45 bits per heavy atom. The number of aryl methyl sites for hydroxylation is 2. The second-order valence-electron chi connectivity index (χ2n) is 12.3. The van der Waals surface area contributed by atoms with Crippen molar-refractivity contribution < 1.29 is 39.4 Å². The molecule has 0 heterocycles. The van der Waals surface area contributed by atoms with Gasteiger partial charge < -0.3 is 15.0 Å². The summed E-state index contributed by atoms with van der Waals surface area (Å²) < 4.78 is 88.5. The number of hydrogen-bond acceptors (Lipinski definition) is 13. The van der Waals surface area contributed by atoms with Gasteiger partial charge in [-0.1, -0.05) is 35.9 Å². The first kappa shape index (κ1) is 39.4. The van der Waals surface area contributed by atoms with Crippen molar-refractivity contribution in [3.63, 3.8) is 0 Å². The summed E-state index contributed by atoms with van der Waals surface area (Å²) in [5.74, 6) is -0.503. The number of aromatic hydroxyl groups is 1. The minimum Gasteiger partial charge on any atom is -0.505 e. The Morgan fingerprint density at radius 3 is 2.07 bits per heavy atom. The van der Waals surface area contributed by atoms with Crippen LogP contribution < -0.4 is 14.2 Å². The number of nitrogen functional groups attached to an aromatic ring is 1. The lowest BCUT2D eigenvalue weighted by Gasteiger charge is -2.23. The molecule has 6 rings (SSSR count). The molecule has 19 heteroatoms. The molecule has 0 fully saturated rings. The SMILES string of the molecule is Cc1ccc(N=Nc2c(S(=O)(=O)O)cc3cc(C)c(N=Nc4ccc(OS(=O)N(CCC#N)c5cccc6ccc(S(=O)(=O)O)cc56)cc4)c(N)c3c2O)cc1. The zero-order valence-electron chi connectivity index (χ0n) is 29.4. The molecule has 0 saturated heterocycles. The molecule has 6 aromatic carbocycles. The van der Waals surface area contributed by atoms with E-state index < -0.39 is 47.8 Å². The number of nitrogens with two attached hydrogens (primary N) is 1. The summed E-state index contributed by atoms with van der Waals surface area (Å²) in [5, 5.41) is 38.2. The van der Waals surface area contributed by atoms with Gasteiger partial charge in [0.05, 0.1) is 45.5 Å². The van der Waals surface area contributed by atoms with Crippen molar-refractivity contribution in [2.24, 2.45) is 20.5 Å². The summed E-state index contributed by atoms with van der Waals surface area (Å²) >= 11 is -2.22. The molecule has 0 spiro atoms. The highest BCUT2D eigenvalue weighted by Crippen LogP contribution is 2.47. The zero-order valence-corrected chi connectivity index (χ0v) is 31.9. The second-order valence-corrected chi connectivity index (χ2v) is 16.1. The van der Waals surface area contributed by atoms with Gasteiger partial charge in [-0.2, -0.15) is 36.5 Å². The average Bonchev–Trinajstić information content (AvgIpc) is 3.14. The van der Waals surface area contributed by atoms with Crippen molar-refractivity contribution >= 4 is 87.2 Å². The Bertz CT molecular complexity index is 2860. The Hall–Kier alpha value is -6.30. The van der Waals surface area contributed by atoms with Crippen LogP contribution in [-0.4, -0.2) is 41.8 Å². The average molecular weight is 814 g/mol. The molecule has 0 aliphatic rings. The number of nitrogens with zero attached hydrogens (tertiary/aromatic N) is 6. The fourth-order valence-electron chi connectivity index (χ4n) is 5.67. The molecule has 0 aromatic heterocycles. The molecule has 0 bridgehead atoms. The van der Waals surface area contributed by atoms with Gasteiger partial charge in [-0.15, -0.1) is 10.2 Å². The summed E-state index contributed by atoms with van der Waals surface area (Å²) in [6, 6.07) is 26.4. The number of phenolic OH excluding ortho intramolecular Hbond substituents is 1. The smallest absolute Gasteiger partial charge is 0.318 e. The topological polar surface area (TPSA) is 258 Å². The van der Waals surface area contributed by atoms with Crippen LogP contribution >= 0.6 is 0 Å². The van der Waals surface area contributed by atoms with Crippen LogP contribution in [0.5, 0.6) is 11.5 Å². The molecule has 1 atom stereocenters. The van der Waals surface area contributed by atoms with E-state index in [4.69, 9.17) is 9.92 Å². The number of nitriles is 1. The lowest BCUT2D eigenvalue weighted by atomic mass is 10.0. The summed E-state index contributed by atoms with van der Waals surface area (Å²) in [7, 11) is -9.39. The van der Waals surface area contributed by atoms with Gasteiger partial charge >= 0.3 is 11.3 Å². The van der Waals surface area contributed by atoms with Crippen molar-refractivity contribution in [3.8, 4) is 17.6 Å². The highest BCUT2D eigenvalue weighted by molar-refractivity contribution is 7.86. The third-order valence-corrected chi connectivity index (χ3v) is 11.2. The molecule has 1 unspecified atom stereocenters. The molecule has 0 radical (unpaired) electrons. The first-order valence-corrected chi connectivity index (χ1v) is 20.3. The lowest BCUT2D eigenvalue weighted by molar-refractivity contribution is 0.472. The normalized spacial score (nSPS) is 12.7. The van der Waals surface area contributed by atoms with Crippen LogP contribution in [0.1, 0.15) is 17.5 Å². The van der Waals surface area contributed by atoms with E-state index in [0.29, 0.717) is 33.4 Å². The van der Waals surface area contributed by atoms with E-state index in [1.165, 1.54) is 52.8 Å². The van der Waals surface area contributed by atoms with Crippen LogP contribution in [0.2, 0.25) is 0 Å². The molecule has 5 N–H and O–H groups in total. The number of fused-ring (bicyclic) bond motifs is 2. The van der Waals surface area contributed by atoms with Gasteiger partial charge in [-0.3, -0.25) is 13.4 Å². The quantitative estimate of drug-likeness (QED) is 0.0516. The third-order valence-electron chi connectivity index (χ3n) is 8.39. The van der Waals surface area contributed by atoms with Crippen LogP contribution in [-0.2, 0) is 31.5 Å². The van der Waals surface area contributed by atoms with E-state index in [-0.39, 0.29) is 45.8 Å². The molecule has 56 heavy (non-hydrogen) atoms. The van der Waals surface area contributed by atoms with Crippen LogP contribution in [0, 0.1) is 25.2 Å². The number of anilines is 2. The molecule has 6 aromatic rings. The fourth-order valence-corrected chi connectivity index (χ4v) is 7.76. The van der Waals surface area contributed by atoms with Crippen molar-refractivity contribution in [1.82, 2.24) is 0 Å². The van der Waals surface area contributed by atoms with E-state index in [2.05, 4.69) is 20.5 Å². The number of hydrogen-bond donors (Lipinski definition) is 4. The zero-order chi connectivity index (χ0) is 40.4. The van der Waals surface area contributed by atoms with E-state index in [0.717, 1.165) is 11.6 Å². The molecule has 16 nitrogen and oxygen atoms in total. The molecule has 0 aliphatic carbocycles. The maximum atomic E-state index is 13.6. The van der Waals surface area contributed by atoms with E-state index in [1.54, 1.807) is 49.4 Å². The maximum Gasteiger partial charge on any atom is 0.318 e. The standard InChI is InChI=1S/C37H31N7O9S3/c1-22-7-10-26(11-8-22)41-43-36-32(56(50,51)52)20-25-19-23(2)35(34(39)33(25)37(36)45)42-40-27-12-14-28(15-13-27)53-54(46)44(18-4-17-38)31-6-3-5-24-9-16-29(21-30(24)31)55(47,48)49/h3,5-16,19-21,45H,4,18,39H2,1-2H3,(H,47,48,49)(H,50,51,52). The van der Waals surface area contributed by atoms with Gasteiger partial charge in [-0.05, 0) is 96.9 Å². The van der Waals surface area contributed by atoms with Gasteiger partial charge in [0.25, 0.3) is 20.2 Å². The summed E-state index contributed by atoms with van der Waals surface area (Å²) in [5.41, 5.74) is 8.43. The van der Waals surface area contributed by atoms with Crippen LogP contribution in [0.4, 0.5) is 34.1 Å². The van der Waals surface area contributed by atoms with Crippen LogP contribution in [0.3, 0.4) is 0 Å². The predicted molar refractivity (Wildman–Crippen MR) is 211 cm³/mol. The minimum absolute atomic E-state index is 0.00221. The van der Waals surface area contributed by atoms with E-state index in [9.17, 15) is 40.5 Å². The van der Waals surface area contributed by atoms with Crippen LogP contribution in [0.25, 0.3) is 21.5 Å². The first-order chi connectivity index (χ1) is 26.5. The lowest BCUT2D eigenvalue weighted by Crippen LogP contribution is -2.30. The summed E-state index contributed by atoms with van der Waals surface area (Å²) in [4.78, 5) is -1.03. The molecular formula is C37H31N7O9S3. The van der Waals surface area contributed by atoms with E-state index >= 15 is 0 Å². The molecule has 0 aliphatic heterocycles. The van der Waals surface area contributed by atoms with E-state index in [1.807, 2.05) is 13.0 Å². The number of phenols is 1. The summed E-state index contributed by atoms with van der Waals surface area (Å²) in [6.45, 7) is 3.48. The van der Waals surface area contributed by atoms with Crippen molar-refractivity contribution in [3.05, 3.63) is 108 Å². The molecule has 0 amide bonds. The number of rotatable bonds is 12. The highest BCUT2D eigenvalue weighted by atomic mass is 32.2. The Balaban J connectivity index is 1.28. The molecular weight excluding hydrogens is 783 g/mol. The first-order valence-electron chi connectivity index (χ1n) is 16.4. The predicted octanol–water partition coefficient (Wildman–Crippen LogP) is 8.60. The Morgan fingerprint density at radius 1 is 0.804 bits per heavy atom. The highest BCUT2D eigenvalue weighted by Gasteiger charge is 2.25. The number of azo groups is 2. The van der Waals surface area contributed by atoms with Gasteiger partial charge in [0.15, 0.2) is 5.75 Å². The monoisotopic (exact) mass is 813 g/mol. The van der Waals surface area contributed by atoms with Gasteiger partial charge in [-0.25, -0.2) is 0 Å². The van der Waals surface area contributed by atoms with Gasteiger partial charge in [0.2, 0.25) is 0 Å². The Kier molecular flexibility index (Phi) is 11.1. The van der Waals surface area contributed by atoms with Crippen molar-refractivity contribution in [2.75, 3.05) is 16.6 Å². The maximum absolute atomic E-state index is 13.6. The fraction of sp³-hybridized carbons (Fsp3) is 0.108.